The van der Waals surface area contributed by atoms with Crippen LogP contribution < -0.4 is 14.8 Å². The molecular weight excluding hydrogens is 268 g/mol. The third kappa shape index (κ3) is 3.29. The van der Waals surface area contributed by atoms with Crippen LogP contribution in [0, 0.1) is 0 Å². The quantitative estimate of drug-likeness (QED) is 0.911. The van der Waals surface area contributed by atoms with E-state index in [1.54, 1.807) is 0 Å². The summed E-state index contributed by atoms with van der Waals surface area (Å²) in [5, 5.41) is 2.97. The molecule has 3 rings (SSSR count). The van der Waals surface area contributed by atoms with Gasteiger partial charge >= 0.3 is 0 Å². The number of ether oxygens (including phenoxy) is 2. The van der Waals surface area contributed by atoms with E-state index in [1.807, 2.05) is 31.2 Å². The summed E-state index contributed by atoms with van der Waals surface area (Å²) >= 11 is 0. The molecule has 21 heavy (non-hydrogen) atoms. The second kappa shape index (κ2) is 6.35. The van der Waals surface area contributed by atoms with Crippen LogP contribution in [-0.2, 0) is 4.79 Å². The van der Waals surface area contributed by atoms with Crippen LogP contribution in [0.15, 0.2) is 24.3 Å². The van der Waals surface area contributed by atoms with Crippen molar-refractivity contribution in [1.82, 2.24) is 10.2 Å². The normalized spacial score (nSPS) is 22.8. The van der Waals surface area contributed by atoms with Crippen molar-refractivity contribution < 1.29 is 14.3 Å². The number of para-hydroxylation sites is 2. The molecule has 1 amide bonds. The first-order valence-corrected chi connectivity index (χ1v) is 7.64. The Morgan fingerprint density at radius 2 is 2.05 bits per heavy atom. The second-order valence-electron chi connectivity index (χ2n) is 5.66. The average molecular weight is 290 g/mol. The Balaban J connectivity index is 1.48. The molecule has 0 radical (unpaired) electrons. The number of carbonyl (C=O) groups is 1. The van der Waals surface area contributed by atoms with Crippen molar-refractivity contribution in [2.24, 2.45) is 0 Å². The summed E-state index contributed by atoms with van der Waals surface area (Å²) in [6.07, 6.45) is 2.25. The minimum absolute atomic E-state index is 0.0655. The number of hydrogen-bond donors (Lipinski definition) is 1. The number of likely N-dealkylation sites (tertiary alicyclic amines) is 1. The Morgan fingerprint density at radius 3 is 2.81 bits per heavy atom. The van der Waals surface area contributed by atoms with Gasteiger partial charge in [-0.15, -0.1) is 0 Å². The van der Waals surface area contributed by atoms with Crippen LogP contribution in [-0.4, -0.2) is 49.2 Å². The molecular formula is C16H22N2O3. The Bertz CT molecular complexity index is 500. The standard InChI is InChI=1S/C16H22N2O3/c1-12(18-8-4-5-9-18)16(19)17-10-13-11-20-14-6-2-3-7-15(14)21-13/h2-3,6-7,12-13H,4-5,8-11H2,1H3,(H,17,19). The van der Waals surface area contributed by atoms with Gasteiger partial charge in [-0.1, -0.05) is 12.1 Å². The van der Waals surface area contributed by atoms with E-state index in [1.165, 1.54) is 12.8 Å². The minimum Gasteiger partial charge on any atom is -0.486 e. The summed E-state index contributed by atoms with van der Waals surface area (Å²) in [7, 11) is 0. The number of nitrogens with one attached hydrogen (secondary N) is 1. The van der Waals surface area contributed by atoms with Crippen LogP contribution in [0.2, 0.25) is 0 Å². The van der Waals surface area contributed by atoms with Gasteiger partial charge in [0.2, 0.25) is 5.91 Å². The lowest BCUT2D eigenvalue weighted by Gasteiger charge is -2.28. The van der Waals surface area contributed by atoms with Crippen LogP contribution in [0.5, 0.6) is 11.5 Å². The maximum atomic E-state index is 12.2. The van der Waals surface area contributed by atoms with Gasteiger partial charge in [-0.25, -0.2) is 0 Å². The molecule has 2 heterocycles. The van der Waals surface area contributed by atoms with E-state index < -0.39 is 0 Å². The van der Waals surface area contributed by atoms with Gasteiger partial charge in [0.1, 0.15) is 12.7 Å². The van der Waals surface area contributed by atoms with Crippen molar-refractivity contribution in [2.75, 3.05) is 26.2 Å². The Labute approximate surface area is 125 Å². The fourth-order valence-electron chi connectivity index (χ4n) is 2.82. The van der Waals surface area contributed by atoms with E-state index in [0.29, 0.717) is 13.2 Å². The lowest BCUT2D eigenvalue weighted by Crippen LogP contribution is -2.48. The van der Waals surface area contributed by atoms with Gasteiger partial charge in [-0.3, -0.25) is 9.69 Å². The summed E-state index contributed by atoms with van der Waals surface area (Å²) in [5.74, 6) is 1.58. The first-order chi connectivity index (χ1) is 10.2. The Hall–Kier alpha value is -1.75. The highest BCUT2D eigenvalue weighted by Gasteiger charge is 2.26. The molecule has 0 saturated carbocycles. The van der Waals surface area contributed by atoms with Crippen molar-refractivity contribution in [3.05, 3.63) is 24.3 Å². The smallest absolute Gasteiger partial charge is 0.237 e. The highest BCUT2D eigenvalue weighted by Crippen LogP contribution is 2.30. The third-order valence-electron chi connectivity index (χ3n) is 4.14. The molecule has 0 spiro atoms. The molecule has 0 bridgehead atoms. The molecule has 114 valence electrons. The minimum atomic E-state index is -0.130. The van der Waals surface area contributed by atoms with Gasteiger partial charge in [0, 0.05) is 0 Å². The molecule has 2 unspecified atom stereocenters. The Kier molecular flexibility index (Phi) is 4.29. The van der Waals surface area contributed by atoms with E-state index in [-0.39, 0.29) is 18.1 Å². The molecule has 2 atom stereocenters. The summed E-state index contributed by atoms with van der Waals surface area (Å²) in [6, 6.07) is 7.54. The van der Waals surface area contributed by atoms with E-state index in [4.69, 9.17) is 9.47 Å². The molecule has 1 aromatic rings. The van der Waals surface area contributed by atoms with E-state index in [9.17, 15) is 4.79 Å². The van der Waals surface area contributed by atoms with Crippen molar-refractivity contribution in [3.8, 4) is 11.5 Å². The fourth-order valence-corrected chi connectivity index (χ4v) is 2.82. The number of hydrogen-bond acceptors (Lipinski definition) is 4. The van der Waals surface area contributed by atoms with Gasteiger partial charge in [0.15, 0.2) is 11.5 Å². The molecule has 0 aromatic heterocycles. The lowest BCUT2D eigenvalue weighted by atomic mass is 10.2. The third-order valence-corrected chi connectivity index (χ3v) is 4.14. The van der Waals surface area contributed by atoms with Crippen molar-refractivity contribution in [3.63, 3.8) is 0 Å². The van der Waals surface area contributed by atoms with Gasteiger partial charge < -0.3 is 14.8 Å². The van der Waals surface area contributed by atoms with E-state index >= 15 is 0 Å². The number of benzene rings is 1. The van der Waals surface area contributed by atoms with Gasteiger partial charge in [-0.05, 0) is 45.0 Å². The zero-order valence-electron chi connectivity index (χ0n) is 12.4. The van der Waals surface area contributed by atoms with E-state index in [0.717, 1.165) is 24.6 Å². The topological polar surface area (TPSA) is 50.8 Å². The SMILES string of the molecule is CC(C(=O)NCC1COc2ccccc2O1)N1CCCC1. The van der Waals surface area contributed by atoms with Crippen LogP contribution in [0.1, 0.15) is 19.8 Å². The first-order valence-electron chi connectivity index (χ1n) is 7.64. The van der Waals surface area contributed by atoms with Crippen LogP contribution in [0.3, 0.4) is 0 Å². The number of carbonyl (C=O) groups excluding carboxylic acids is 1. The highest BCUT2D eigenvalue weighted by atomic mass is 16.6. The first kappa shape index (κ1) is 14.2. The largest absolute Gasteiger partial charge is 0.486 e. The summed E-state index contributed by atoms with van der Waals surface area (Å²) in [4.78, 5) is 14.4. The summed E-state index contributed by atoms with van der Waals surface area (Å²) < 4.78 is 11.5. The molecule has 1 aromatic carbocycles. The number of fused-ring (bicyclic) bond motifs is 1. The summed E-state index contributed by atoms with van der Waals surface area (Å²) in [6.45, 7) is 4.95. The van der Waals surface area contributed by atoms with Crippen LogP contribution in [0.25, 0.3) is 0 Å². The van der Waals surface area contributed by atoms with Crippen molar-refractivity contribution >= 4 is 5.91 Å². The fraction of sp³-hybridized carbons (Fsp3) is 0.562. The van der Waals surface area contributed by atoms with Crippen molar-refractivity contribution in [2.45, 2.75) is 31.9 Å². The zero-order chi connectivity index (χ0) is 14.7. The predicted molar refractivity (Wildman–Crippen MR) is 79.6 cm³/mol. The zero-order valence-corrected chi connectivity index (χ0v) is 12.4. The maximum absolute atomic E-state index is 12.2. The van der Waals surface area contributed by atoms with Gasteiger partial charge in [0.05, 0.1) is 12.6 Å². The molecule has 0 aliphatic carbocycles. The molecule has 5 nitrogen and oxygen atoms in total. The predicted octanol–water partition coefficient (Wildman–Crippen LogP) is 1.43. The monoisotopic (exact) mass is 290 g/mol. The molecule has 2 aliphatic rings. The number of nitrogens with zero attached hydrogens (tertiary/aromatic N) is 1. The van der Waals surface area contributed by atoms with Crippen LogP contribution in [0.4, 0.5) is 0 Å². The van der Waals surface area contributed by atoms with E-state index in [2.05, 4.69) is 10.2 Å². The molecule has 2 aliphatic heterocycles. The highest BCUT2D eigenvalue weighted by molar-refractivity contribution is 5.81. The molecule has 1 N–H and O–H groups in total. The summed E-state index contributed by atoms with van der Waals surface area (Å²) in [5.41, 5.74) is 0. The molecule has 1 saturated heterocycles. The van der Waals surface area contributed by atoms with Crippen LogP contribution >= 0.6 is 0 Å². The van der Waals surface area contributed by atoms with Gasteiger partial charge in [0.25, 0.3) is 0 Å². The lowest BCUT2D eigenvalue weighted by molar-refractivity contribution is -0.126. The average Bonchev–Trinajstić information content (AvgIpc) is 3.06. The Morgan fingerprint density at radius 1 is 1.33 bits per heavy atom. The van der Waals surface area contributed by atoms with Crippen molar-refractivity contribution in [1.29, 1.82) is 0 Å². The second-order valence-corrected chi connectivity index (χ2v) is 5.66. The number of amides is 1. The molecule has 1 fully saturated rings. The number of rotatable bonds is 4. The molecule has 5 heteroatoms. The maximum Gasteiger partial charge on any atom is 0.237 e. The van der Waals surface area contributed by atoms with Gasteiger partial charge in [-0.2, -0.15) is 0 Å².